The number of hydrogen-bond acceptors (Lipinski definition) is 2. The number of halogens is 1. The summed E-state index contributed by atoms with van der Waals surface area (Å²) >= 11 is 5.96. The molecule has 0 saturated carbocycles. The molecule has 2 nitrogen and oxygen atoms in total. The largest absolute Gasteiger partial charge is 0.317 e. The van der Waals surface area contributed by atoms with Crippen molar-refractivity contribution < 1.29 is 0 Å². The predicted octanol–water partition coefficient (Wildman–Crippen LogP) is 3.69. The fourth-order valence-electron chi connectivity index (χ4n) is 2.75. The Morgan fingerprint density at radius 1 is 1.21 bits per heavy atom. The maximum Gasteiger partial charge on any atom is 0.0406 e. The smallest absolute Gasteiger partial charge is 0.0406 e. The summed E-state index contributed by atoms with van der Waals surface area (Å²) in [5, 5.41) is 4.28. The zero-order chi connectivity index (χ0) is 13.5. The van der Waals surface area contributed by atoms with Crippen LogP contribution in [0.3, 0.4) is 0 Å². The number of nitrogens with one attached hydrogen (secondary N) is 1. The van der Waals surface area contributed by atoms with E-state index in [0.717, 1.165) is 30.7 Å². The Hall–Kier alpha value is -0.570. The van der Waals surface area contributed by atoms with E-state index in [0.29, 0.717) is 0 Å². The van der Waals surface area contributed by atoms with Crippen LogP contribution in [0.1, 0.15) is 38.2 Å². The van der Waals surface area contributed by atoms with Gasteiger partial charge in [0.05, 0.1) is 0 Å². The van der Waals surface area contributed by atoms with Gasteiger partial charge in [-0.25, -0.2) is 0 Å². The van der Waals surface area contributed by atoms with Crippen LogP contribution in [0.15, 0.2) is 24.3 Å². The van der Waals surface area contributed by atoms with E-state index in [-0.39, 0.29) is 0 Å². The average Bonchev–Trinajstić information content (AvgIpc) is 2.46. The molecule has 0 aromatic heterocycles. The van der Waals surface area contributed by atoms with Crippen LogP contribution in [0.2, 0.25) is 5.02 Å². The lowest BCUT2D eigenvalue weighted by atomic mass is 10.0. The summed E-state index contributed by atoms with van der Waals surface area (Å²) in [6.07, 6.45) is 5.11. The Kier molecular flexibility index (Phi) is 6.15. The van der Waals surface area contributed by atoms with Gasteiger partial charge in [-0.1, -0.05) is 37.1 Å². The third-order valence-electron chi connectivity index (χ3n) is 3.92. The van der Waals surface area contributed by atoms with Crippen LogP contribution in [-0.2, 0) is 6.54 Å². The first-order chi connectivity index (χ1) is 9.29. The molecule has 3 heteroatoms. The van der Waals surface area contributed by atoms with E-state index in [4.69, 9.17) is 11.6 Å². The van der Waals surface area contributed by atoms with Crippen molar-refractivity contribution >= 4 is 11.6 Å². The van der Waals surface area contributed by atoms with E-state index in [1.54, 1.807) is 0 Å². The third kappa shape index (κ3) is 4.79. The Bertz CT molecular complexity index is 358. The van der Waals surface area contributed by atoms with Crippen molar-refractivity contribution in [2.24, 2.45) is 0 Å². The van der Waals surface area contributed by atoms with Crippen LogP contribution in [0, 0.1) is 0 Å². The summed E-state index contributed by atoms with van der Waals surface area (Å²) < 4.78 is 0. The standard InChI is InChI=1S/C16H25ClN2/c1-2-3-12-19(16-8-10-18-11-9-16)13-14-4-6-15(17)7-5-14/h4-7,16,18H,2-3,8-13H2,1H3. The summed E-state index contributed by atoms with van der Waals surface area (Å²) in [6, 6.07) is 9.04. The highest BCUT2D eigenvalue weighted by molar-refractivity contribution is 6.30. The van der Waals surface area contributed by atoms with E-state index < -0.39 is 0 Å². The van der Waals surface area contributed by atoms with Gasteiger partial charge in [0.25, 0.3) is 0 Å². The second-order valence-electron chi connectivity index (χ2n) is 5.43. The molecule has 1 N–H and O–H groups in total. The predicted molar refractivity (Wildman–Crippen MR) is 82.7 cm³/mol. The number of benzene rings is 1. The zero-order valence-electron chi connectivity index (χ0n) is 11.9. The topological polar surface area (TPSA) is 15.3 Å². The molecule has 1 aliphatic rings. The van der Waals surface area contributed by atoms with Gasteiger partial charge in [-0.05, 0) is 56.6 Å². The summed E-state index contributed by atoms with van der Waals surface area (Å²) in [4.78, 5) is 2.66. The van der Waals surface area contributed by atoms with Crippen LogP contribution in [0.25, 0.3) is 0 Å². The minimum absolute atomic E-state index is 0.739. The summed E-state index contributed by atoms with van der Waals surface area (Å²) in [5.41, 5.74) is 1.37. The van der Waals surface area contributed by atoms with Gasteiger partial charge in [-0.3, -0.25) is 4.90 Å². The number of nitrogens with zero attached hydrogens (tertiary/aromatic N) is 1. The second-order valence-corrected chi connectivity index (χ2v) is 5.87. The maximum atomic E-state index is 5.96. The minimum atomic E-state index is 0.739. The highest BCUT2D eigenvalue weighted by atomic mass is 35.5. The highest BCUT2D eigenvalue weighted by Gasteiger charge is 2.20. The molecule has 0 spiro atoms. The Morgan fingerprint density at radius 2 is 1.89 bits per heavy atom. The molecule has 0 aliphatic carbocycles. The van der Waals surface area contributed by atoms with E-state index in [2.05, 4.69) is 29.3 Å². The number of hydrogen-bond donors (Lipinski definition) is 1. The van der Waals surface area contributed by atoms with Gasteiger partial charge in [0.1, 0.15) is 0 Å². The van der Waals surface area contributed by atoms with Gasteiger partial charge in [-0.15, -0.1) is 0 Å². The molecule has 0 unspecified atom stereocenters. The molecule has 1 aromatic carbocycles. The van der Waals surface area contributed by atoms with Crippen molar-refractivity contribution in [2.75, 3.05) is 19.6 Å². The van der Waals surface area contributed by atoms with Crippen molar-refractivity contribution in [3.63, 3.8) is 0 Å². The molecule has 0 atom stereocenters. The SMILES string of the molecule is CCCCN(Cc1ccc(Cl)cc1)C1CCNCC1. The molecule has 1 fully saturated rings. The third-order valence-corrected chi connectivity index (χ3v) is 4.17. The Labute approximate surface area is 122 Å². The van der Waals surface area contributed by atoms with Crippen molar-refractivity contribution in [3.05, 3.63) is 34.9 Å². The van der Waals surface area contributed by atoms with Gasteiger partial charge >= 0.3 is 0 Å². The summed E-state index contributed by atoms with van der Waals surface area (Å²) in [7, 11) is 0. The van der Waals surface area contributed by atoms with Crippen LogP contribution in [-0.4, -0.2) is 30.6 Å². The van der Waals surface area contributed by atoms with E-state index >= 15 is 0 Å². The van der Waals surface area contributed by atoms with Gasteiger partial charge in [0, 0.05) is 17.6 Å². The maximum absolute atomic E-state index is 5.96. The Balaban J connectivity index is 1.97. The molecule has 106 valence electrons. The molecule has 1 heterocycles. The van der Waals surface area contributed by atoms with Crippen molar-refractivity contribution in [3.8, 4) is 0 Å². The first-order valence-electron chi connectivity index (χ1n) is 7.49. The molecular formula is C16H25ClN2. The van der Waals surface area contributed by atoms with Crippen LogP contribution < -0.4 is 5.32 Å². The summed E-state index contributed by atoms with van der Waals surface area (Å²) in [6.45, 7) is 6.86. The van der Waals surface area contributed by atoms with Crippen LogP contribution in [0.4, 0.5) is 0 Å². The lowest BCUT2D eigenvalue weighted by Gasteiger charge is -2.34. The highest BCUT2D eigenvalue weighted by Crippen LogP contribution is 2.18. The number of rotatable bonds is 6. The first-order valence-corrected chi connectivity index (χ1v) is 7.86. The molecule has 0 bridgehead atoms. The van der Waals surface area contributed by atoms with Crippen LogP contribution in [0.5, 0.6) is 0 Å². The number of unbranched alkanes of at least 4 members (excludes halogenated alkanes) is 1. The first kappa shape index (κ1) is 14.8. The molecule has 0 amide bonds. The minimum Gasteiger partial charge on any atom is -0.317 e. The molecule has 1 aromatic rings. The van der Waals surface area contributed by atoms with E-state index in [1.165, 1.54) is 37.8 Å². The van der Waals surface area contributed by atoms with Crippen molar-refractivity contribution in [2.45, 2.75) is 45.2 Å². The quantitative estimate of drug-likeness (QED) is 0.855. The molecule has 0 radical (unpaired) electrons. The van der Waals surface area contributed by atoms with Crippen molar-refractivity contribution in [1.82, 2.24) is 10.2 Å². The lowest BCUT2D eigenvalue weighted by Crippen LogP contribution is -2.43. The van der Waals surface area contributed by atoms with Gasteiger partial charge in [-0.2, -0.15) is 0 Å². The van der Waals surface area contributed by atoms with E-state index in [1.807, 2.05) is 12.1 Å². The number of piperidine rings is 1. The van der Waals surface area contributed by atoms with Crippen molar-refractivity contribution in [1.29, 1.82) is 0 Å². The molecular weight excluding hydrogens is 256 g/mol. The fraction of sp³-hybridized carbons (Fsp3) is 0.625. The van der Waals surface area contributed by atoms with E-state index in [9.17, 15) is 0 Å². The van der Waals surface area contributed by atoms with Gasteiger partial charge in [0.2, 0.25) is 0 Å². The summed E-state index contributed by atoms with van der Waals surface area (Å²) in [5.74, 6) is 0. The second kappa shape index (κ2) is 7.88. The van der Waals surface area contributed by atoms with Gasteiger partial charge < -0.3 is 5.32 Å². The fourth-order valence-corrected chi connectivity index (χ4v) is 2.87. The monoisotopic (exact) mass is 280 g/mol. The Morgan fingerprint density at radius 3 is 2.53 bits per heavy atom. The molecule has 1 saturated heterocycles. The molecule has 1 aliphatic heterocycles. The lowest BCUT2D eigenvalue weighted by molar-refractivity contribution is 0.152. The molecule has 19 heavy (non-hydrogen) atoms. The average molecular weight is 281 g/mol. The normalized spacial score (nSPS) is 17.0. The molecule has 2 rings (SSSR count). The zero-order valence-corrected chi connectivity index (χ0v) is 12.6. The van der Waals surface area contributed by atoms with Crippen LogP contribution >= 0.6 is 11.6 Å². The van der Waals surface area contributed by atoms with Gasteiger partial charge in [0.15, 0.2) is 0 Å².